The molecule has 0 radical (unpaired) electrons. The Morgan fingerprint density at radius 1 is 1.50 bits per heavy atom. The first kappa shape index (κ1) is 9.71. The molecule has 1 unspecified atom stereocenters. The van der Waals surface area contributed by atoms with Gasteiger partial charge in [0.25, 0.3) is 0 Å². The van der Waals surface area contributed by atoms with Gasteiger partial charge in [0, 0.05) is 5.56 Å². The van der Waals surface area contributed by atoms with Gasteiger partial charge in [0.1, 0.15) is 5.82 Å². The highest BCUT2D eigenvalue weighted by Crippen LogP contribution is 2.29. The van der Waals surface area contributed by atoms with E-state index < -0.39 is 0 Å². The Bertz CT molecular complexity index is 345. The average Bonchev–Trinajstić information content (AvgIpc) is 2.69. The van der Waals surface area contributed by atoms with Gasteiger partial charge in [-0.3, -0.25) is 4.79 Å². The van der Waals surface area contributed by atoms with Crippen molar-refractivity contribution < 1.29 is 9.18 Å². The van der Waals surface area contributed by atoms with Gasteiger partial charge in [-0.05, 0) is 30.7 Å². The molecule has 1 aromatic rings. The van der Waals surface area contributed by atoms with Crippen molar-refractivity contribution >= 4 is 17.5 Å². The van der Waals surface area contributed by atoms with Gasteiger partial charge in [0.15, 0.2) is 5.78 Å². The van der Waals surface area contributed by atoms with Gasteiger partial charge in [-0.2, -0.15) is 11.8 Å². The third-order valence-electron chi connectivity index (χ3n) is 2.33. The number of ketones is 1. The largest absolute Gasteiger partial charge is 0.293 e. The molecule has 2 rings (SSSR count). The minimum Gasteiger partial charge on any atom is -0.293 e. The second-order valence-electron chi connectivity index (χ2n) is 3.38. The normalized spacial score (nSPS) is 21.1. The molecule has 1 aromatic carbocycles. The third kappa shape index (κ3) is 1.98. The predicted octanol–water partition coefficient (Wildman–Crippen LogP) is 2.90. The second-order valence-corrected chi connectivity index (χ2v) is 4.69. The van der Waals surface area contributed by atoms with Crippen LogP contribution >= 0.6 is 11.8 Å². The molecule has 1 fully saturated rings. The van der Waals surface area contributed by atoms with Crippen molar-refractivity contribution in [1.82, 2.24) is 0 Å². The van der Waals surface area contributed by atoms with Gasteiger partial charge in [-0.15, -0.1) is 0 Å². The van der Waals surface area contributed by atoms with Crippen molar-refractivity contribution in [3.63, 3.8) is 0 Å². The van der Waals surface area contributed by atoms with Crippen LogP contribution < -0.4 is 0 Å². The fourth-order valence-electron chi connectivity index (χ4n) is 1.61. The highest BCUT2D eigenvalue weighted by molar-refractivity contribution is 8.00. The van der Waals surface area contributed by atoms with Crippen molar-refractivity contribution in [3.8, 4) is 0 Å². The summed E-state index contributed by atoms with van der Waals surface area (Å²) < 4.78 is 12.9. The van der Waals surface area contributed by atoms with Gasteiger partial charge < -0.3 is 0 Å². The molecular formula is C11H11FOS. The van der Waals surface area contributed by atoms with Crippen molar-refractivity contribution in [2.45, 2.75) is 18.1 Å². The Labute approximate surface area is 86.7 Å². The topological polar surface area (TPSA) is 17.1 Å². The molecular weight excluding hydrogens is 199 g/mol. The van der Waals surface area contributed by atoms with Gasteiger partial charge >= 0.3 is 0 Å². The van der Waals surface area contributed by atoms with E-state index in [1.165, 1.54) is 12.1 Å². The van der Waals surface area contributed by atoms with Gasteiger partial charge in [0.05, 0.1) is 5.25 Å². The summed E-state index contributed by atoms with van der Waals surface area (Å²) in [4.78, 5) is 11.8. The lowest BCUT2D eigenvalue weighted by molar-refractivity contribution is 0.0988. The fraction of sp³-hybridized carbons (Fsp3) is 0.364. The maximum atomic E-state index is 12.9. The van der Waals surface area contributed by atoms with Crippen LogP contribution in [0.25, 0.3) is 0 Å². The summed E-state index contributed by atoms with van der Waals surface area (Å²) in [7, 11) is 0. The summed E-state index contributed by atoms with van der Waals surface area (Å²) in [6, 6.07) is 5.95. The van der Waals surface area contributed by atoms with E-state index in [0.717, 1.165) is 18.6 Å². The van der Waals surface area contributed by atoms with Crippen molar-refractivity contribution in [1.29, 1.82) is 0 Å². The molecule has 0 N–H and O–H groups in total. The van der Waals surface area contributed by atoms with Crippen LogP contribution in [0.4, 0.5) is 4.39 Å². The molecule has 1 nitrogen and oxygen atoms in total. The number of halogens is 1. The van der Waals surface area contributed by atoms with Crippen LogP contribution in [0.1, 0.15) is 23.2 Å². The molecule has 0 aromatic heterocycles. The average molecular weight is 210 g/mol. The standard InChI is InChI=1S/C11H11FOS/c12-9-4-1-3-8(7-9)11(13)10-5-2-6-14-10/h1,3-4,7,10H,2,5-6H2. The Morgan fingerprint density at radius 2 is 2.36 bits per heavy atom. The second kappa shape index (κ2) is 4.13. The van der Waals surface area contributed by atoms with E-state index in [1.807, 2.05) is 0 Å². The summed E-state index contributed by atoms with van der Waals surface area (Å²) in [6.07, 6.45) is 2.02. The highest BCUT2D eigenvalue weighted by atomic mass is 32.2. The van der Waals surface area contributed by atoms with E-state index in [9.17, 15) is 9.18 Å². The first-order chi connectivity index (χ1) is 6.77. The molecule has 14 heavy (non-hydrogen) atoms. The van der Waals surface area contributed by atoms with E-state index in [0.29, 0.717) is 5.56 Å². The summed E-state index contributed by atoms with van der Waals surface area (Å²) >= 11 is 1.68. The summed E-state index contributed by atoms with van der Waals surface area (Å²) in [5.74, 6) is 0.789. The molecule has 0 aliphatic carbocycles. The number of Topliss-reactive ketones (excluding diaryl/α,β-unsaturated/α-hetero) is 1. The monoisotopic (exact) mass is 210 g/mol. The number of carbonyl (C=O) groups excluding carboxylic acids is 1. The number of hydrogen-bond acceptors (Lipinski definition) is 2. The van der Waals surface area contributed by atoms with Crippen LogP contribution in [0.5, 0.6) is 0 Å². The van der Waals surface area contributed by atoms with Crippen molar-refractivity contribution in [3.05, 3.63) is 35.6 Å². The molecule has 1 heterocycles. The van der Waals surface area contributed by atoms with E-state index in [1.54, 1.807) is 23.9 Å². The van der Waals surface area contributed by atoms with Gasteiger partial charge in [0.2, 0.25) is 0 Å². The fourth-order valence-corrected chi connectivity index (χ4v) is 2.85. The molecule has 1 atom stereocenters. The molecule has 0 spiro atoms. The SMILES string of the molecule is O=C(c1cccc(F)c1)C1CCCS1. The molecule has 0 bridgehead atoms. The van der Waals surface area contributed by atoms with E-state index >= 15 is 0 Å². The highest BCUT2D eigenvalue weighted by Gasteiger charge is 2.24. The molecule has 1 saturated heterocycles. The van der Waals surface area contributed by atoms with E-state index in [-0.39, 0.29) is 16.9 Å². The van der Waals surface area contributed by atoms with Crippen LogP contribution in [0.15, 0.2) is 24.3 Å². The van der Waals surface area contributed by atoms with Crippen LogP contribution in [-0.2, 0) is 0 Å². The molecule has 3 heteroatoms. The Balaban J connectivity index is 2.17. The minimum absolute atomic E-state index is 0.0526. The Morgan fingerprint density at radius 3 is 3.00 bits per heavy atom. The lowest BCUT2D eigenvalue weighted by Crippen LogP contribution is -2.14. The van der Waals surface area contributed by atoms with Crippen LogP contribution in [0.2, 0.25) is 0 Å². The van der Waals surface area contributed by atoms with E-state index in [4.69, 9.17) is 0 Å². The molecule has 0 amide bonds. The third-order valence-corrected chi connectivity index (χ3v) is 3.71. The summed E-state index contributed by atoms with van der Waals surface area (Å²) in [5, 5.41) is 0.0526. The summed E-state index contributed by atoms with van der Waals surface area (Å²) in [5.41, 5.74) is 0.504. The zero-order valence-electron chi connectivity index (χ0n) is 7.70. The quantitative estimate of drug-likeness (QED) is 0.698. The molecule has 0 saturated carbocycles. The minimum atomic E-state index is -0.334. The number of benzene rings is 1. The van der Waals surface area contributed by atoms with Gasteiger partial charge in [-0.1, -0.05) is 12.1 Å². The Kier molecular flexibility index (Phi) is 2.87. The van der Waals surface area contributed by atoms with Crippen LogP contribution in [-0.4, -0.2) is 16.8 Å². The predicted molar refractivity (Wildman–Crippen MR) is 56.2 cm³/mol. The van der Waals surface area contributed by atoms with Crippen molar-refractivity contribution in [2.24, 2.45) is 0 Å². The summed E-state index contributed by atoms with van der Waals surface area (Å²) in [6.45, 7) is 0. The maximum absolute atomic E-state index is 12.9. The number of hydrogen-bond donors (Lipinski definition) is 0. The maximum Gasteiger partial charge on any atom is 0.175 e. The number of rotatable bonds is 2. The zero-order chi connectivity index (χ0) is 9.97. The lowest BCUT2D eigenvalue weighted by atomic mass is 10.1. The van der Waals surface area contributed by atoms with Gasteiger partial charge in [-0.25, -0.2) is 4.39 Å². The number of carbonyl (C=O) groups is 1. The lowest BCUT2D eigenvalue weighted by Gasteiger charge is -2.06. The molecule has 1 aliphatic heterocycles. The Hall–Kier alpha value is -0.830. The first-order valence-electron chi connectivity index (χ1n) is 4.69. The first-order valence-corrected chi connectivity index (χ1v) is 5.73. The number of thioether (sulfide) groups is 1. The molecule has 1 aliphatic rings. The van der Waals surface area contributed by atoms with Crippen LogP contribution in [0, 0.1) is 5.82 Å². The molecule has 74 valence electrons. The van der Waals surface area contributed by atoms with Crippen LogP contribution in [0.3, 0.4) is 0 Å². The van der Waals surface area contributed by atoms with Crippen molar-refractivity contribution in [2.75, 3.05) is 5.75 Å². The smallest absolute Gasteiger partial charge is 0.175 e. The zero-order valence-corrected chi connectivity index (χ0v) is 8.52. The van der Waals surface area contributed by atoms with E-state index in [2.05, 4.69) is 0 Å².